The molecular weight excluding hydrogens is 370 g/mol. The monoisotopic (exact) mass is 401 g/mol. The molecule has 2 aliphatic carbocycles. The zero-order valence-corrected chi connectivity index (χ0v) is 18.2. The van der Waals surface area contributed by atoms with E-state index in [1.165, 1.54) is 12.8 Å². The summed E-state index contributed by atoms with van der Waals surface area (Å²) in [5.74, 6) is 2.73. The third kappa shape index (κ3) is 4.35. The molecule has 1 saturated carbocycles. The van der Waals surface area contributed by atoms with Gasteiger partial charge in [0, 0.05) is 0 Å². The first-order valence-corrected chi connectivity index (χ1v) is 10.8. The van der Waals surface area contributed by atoms with Crippen LogP contribution in [-0.2, 0) is 12.0 Å². The molecular formula is C27H31NO2. The van der Waals surface area contributed by atoms with Crippen LogP contribution in [0.2, 0.25) is 0 Å². The van der Waals surface area contributed by atoms with Gasteiger partial charge in [-0.2, -0.15) is 0 Å². The van der Waals surface area contributed by atoms with E-state index in [1.54, 1.807) is 0 Å². The number of nitrogens with one attached hydrogen (secondary N) is 1. The van der Waals surface area contributed by atoms with Crippen molar-refractivity contribution in [1.82, 2.24) is 5.32 Å². The lowest BCUT2D eigenvalue weighted by Crippen LogP contribution is -2.42. The van der Waals surface area contributed by atoms with E-state index in [0.29, 0.717) is 17.6 Å². The molecule has 0 aliphatic heterocycles. The van der Waals surface area contributed by atoms with Gasteiger partial charge in [-0.1, -0.05) is 60.7 Å². The number of hydrogen-bond donors (Lipinski definition) is 1. The molecule has 3 nitrogen and oxygen atoms in total. The zero-order valence-electron chi connectivity index (χ0n) is 18.2. The number of ether oxygens (including phenoxy) is 1. The van der Waals surface area contributed by atoms with E-state index in [0.717, 1.165) is 34.6 Å². The molecule has 1 amide bonds. The molecule has 3 unspecified atom stereocenters. The van der Waals surface area contributed by atoms with Crippen LogP contribution in [0.1, 0.15) is 50.3 Å². The maximum Gasteiger partial charge on any atom is 0.413 e. The summed E-state index contributed by atoms with van der Waals surface area (Å²) in [6.45, 7) is 9.97. The molecule has 2 aromatic rings. The van der Waals surface area contributed by atoms with Gasteiger partial charge in [0.1, 0.15) is 5.75 Å². The fourth-order valence-electron chi connectivity index (χ4n) is 4.81. The molecule has 156 valence electrons. The van der Waals surface area contributed by atoms with Crippen LogP contribution in [0, 0.1) is 17.8 Å². The molecule has 0 saturated heterocycles. The highest BCUT2D eigenvalue weighted by Crippen LogP contribution is 2.45. The lowest BCUT2D eigenvalue weighted by molar-refractivity contribution is 0.188. The van der Waals surface area contributed by atoms with Crippen LogP contribution in [0.25, 0.3) is 5.57 Å². The van der Waals surface area contributed by atoms with Crippen LogP contribution in [0.3, 0.4) is 0 Å². The van der Waals surface area contributed by atoms with Gasteiger partial charge in [-0.3, -0.25) is 0 Å². The summed E-state index contributed by atoms with van der Waals surface area (Å²) in [6.07, 6.45) is 7.79. The van der Waals surface area contributed by atoms with Gasteiger partial charge in [0.2, 0.25) is 0 Å². The zero-order chi connectivity index (χ0) is 21.3. The first kappa shape index (κ1) is 20.5. The maximum absolute atomic E-state index is 12.8. The highest BCUT2D eigenvalue weighted by molar-refractivity contribution is 5.72. The van der Waals surface area contributed by atoms with E-state index >= 15 is 0 Å². The molecule has 2 aliphatic rings. The number of allylic oxidation sites excluding steroid dienone is 3. The minimum Gasteiger partial charge on any atom is -0.410 e. The molecule has 30 heavy (non-hydrogen) atoms. The number of para-hydroxylation sites is 1. The van der Waals surface area contributed by atoms with Crippen molar-refractivity contribution in [2.24, 2.45) is 17.8 Å². The second-order valence-corrected chi connectivity index (χ2v) is 9.35. The van der Waals surface area contributed by atoms with Gasteiger partial charge in [-0.15, -0.1) is 0 Å². The number of benzene rings is 2. The molecule has 3 atom stereocenters. The van der Waals surface area contributed by atoms with Crippen molar-refractivity contribution >= 4 is 11.7 Å². The molecule has 1 fully saturated rings. The molecule has 0 spiro atoms. The Kier molecular flexibility index (Phi) is 5.55. The fourth-order valence-corrected chi connectivity index (χ4v) is 4.81. The molecule has 1 N–H and O–H groups in total. The SMILES string of the molecule is C=C(C)c1cccc(C(C)(C)NC(=O)Oc2ccccc2CC2CC3C=CC2C3)c1. The highest BCUT2D eigenvalue weighted by Gasteiger charge is 2.36. The molecule has 0 aromatic heterocycles. The second kappa shape index (κ2) is 8.14. The Morgan fingerprint density at radius 3 is 2.63 bits per heavy atom. The van der Waals surface area contributed by atoms with Crippen LogP contribution in [0.5, 0.6) is 5.75 Å². The van der Waals surface area contributed by atoms with Crippen LogP contribution >= 0.6 is 0 Å². The van der Waals surface area contributed by atoms with Crippen molar-refractivity contribution in [1.29, 1.82) is 0 Å². The molecule has 0 radical (unpaired) electrons. The summed E-state index contributed by atoms with van der Waals surface area (Å²) in [7, 11) is 0. The normalized spacial score (nSPS) is 22.2. The first-order chi connectivity index (χ1) is 14.3. The van der Waals surface area contributed by atoms with Crippen LogP contribution in [-0.4, -0.2) is 6.09 Å². The summed E-state index contributed by atoms with van der Waals surface area (Å²) >= 11 is 0. The van der Waals surface area contributed by atoms with Crippen molar-refractivity contribution in [2.75, 3.05) is 0 Å². The summed E-state index contributed by atoms with van der Waals surface area (Å²) in [5, 5.41) is 3.03. The molecule has 4 rings (SSSR count). The number of carbonyl (C=O) groups excluding carboxylic acids is 1. The average molecular weight is 402 g/mol. The maximum atomic E-state index is 12.8. The first-order valence-electron chi connectivity index (χ1n) is 10.8. The van der Waals surface area contributed by atoms with E-state index in [4.69, 9.17) is 4.74 Å². The Balaban J connectivity index is 1.44. The van der Waals surface area contributed by atoms with E-state index < -0.39 is 11.6 Å². The minimum absolute atomic E-state index is 0.430. The smallest absolute Gasteiger partial charge is 0.410 e. The van der Waals surface area contributed by atoms with Crippen molar-refractivity contribution in [3.63, 3.8) is 0 Å². The largest absolute Gasteiger partial charge is 0.413 e. The molecule has 2 aromatic carbocycles. The predicted molar refractivity (Wildman–Crippen MR) is 122 cm³/mol. The van der Waals surface area contributed by atoms with Gasteiger partial charge in [-0.25, -0.2) is 4.79 Å². The average Bonchev–Trinajstić information content (AvgIpc) is 3.32. The Labute approximate surface area is 179 Å². The van der Waals surface area contributed by atoms with Crippen molar-refractivity contribution in [2.45, 2.75) is 45.6 Å². The van der Waals surface area contributed by atoms with E-state index in [9.17, 15) is 4.79 Å². The summed E-state index contributed by atoms with van der Waals surface area (Å²) < 4.78 is 5.79. The van der Waals surface area contributed by atoms with E-state index in [2.05, 4.69) is 36.2 Å². The molecule has 3 heteroatoms. The minimum atomic E-state index is -0.563. The Morgan fingerprint density at radius 2 is 1.93 bits per heavy atom. The lowest BCUT2D eigenvalue weighted by atomic mass is 9.87. The van der Waals surface area contributed by atoms with Gasteiger partial charge in [0.05, 0.1) is 5.54 Å². The van der Waals surface area contributed by atoms with Gasteiger partial charge < -0.3 is 10.1 Å². The van der Waals surface area contributed by atoms with Crippen LogP contribution in [0.4, 0.5) is 4.79 Å². The van der Waals surface area contributed by atoms with E-state index in [1.807, 2.05) is 57.2 Å². The number of carbonyl (C=O) groups is 1. The molecule has 0 heterocycles. The lowest BCUT2D eigenvalue weighted by Gasteiger charge is -2.27. The predicted octanol–water partition coefficient (Wildman–Crippen LogP) is 6.50. The fraction of sp³-hybridized carbons (Fsp3) is 0.370. The quantitative estimate of drug-likeness (QED) is 0.561. The molecule has 2 bridgehead atoms. The Hall–Kier alpha value is -2.81. The number of amides is 1. The highest BCUT2D eigenvalue weighted by atomic mass is 16.6. The Bertz CT molecular complexity index is 988. The number of rotatable bonds is 6. The second-order valence-electron chi connectivity index (χ2n) is 9.35. The van der Waals surface area contributed by atoms with Gasteiger partial charge >= 0.3 is 6.09 Å². The van der Waals surface area contributed by atoms with Crippen molar-refractivity contribution in [3.8, 4) is 5.75 Å². The third-order valence-corrected chi connectivity index (χ3v) is 6.57. The summed E-state index contributed by atoms with van der Waals surface area (Å²) in [5.41, 5.74) is 3.63. The van der Waals surface area contributed by atoms with E-state index in [-0.39, 0.29) is 0 Å². The number of fused-ring (bicyclic) bond motifs is 2. The summed E-state index contributed by atoms with van der Waals surface area (Å²) in [4.78, 5) is 12.8. The van der Waals surface area contributed by atoms with Gasteiger partial charge in [-0.05, 0) is 86.6 Å². The van der Waals surface area contributed by atoms with Crippen LogP contribution < -0.4 is 10.1 Å². The van der Waals surface area contributed by atoms with Crippen molar-refractivity contribution < 1.29 is 9.53 Å². The summed E-state index contributed by atoms with van der Waals surface area (Å²) in [6, 6.07) is 16.0. The van der Waals surface area contributed by atoms with Gasteiger partial charge in [0.15, 0.2) is 0 Å². The topological polar surface area (TPSA) is 38.3 Å². The number of hydrogen-bond acceptors (Lipinski definition) is 2. The third-order valence-electron chi connectivity index (χ3n) is 6.57. The Morgan fingerprint density at radius 1 is 1.13 bits per heavy atom. The van der Waals surface area contributed by atoms with Gasteiger partial charge in [0.25, 0.3) is 0 Å². The van der Waals surface area contributed by atoms with Crippen molar-refractivity contribution in [3.05, 3.63) is 84.0 Å². The standard InChI is InChI=1S/C27H31NO2/c1-18(2)20-9-7-10-24(17-20)27(3,4)28-26(29)30-25-11-6-5-8-22(25)16-23-15-19-12-13-21(23)14-19/h5-13,17,19,21,23H,1,14-16H2,2-4H3,(H,28,29). The van der Waals surface area contributed by atoms with Crippen LogP contribution in [0.15, 0.2) is 67.3 Å².